The van der Waals surface area contributed by atoms with E-state index in [0.29, 0.717) is 18.3 Å². The quantitative estimate of drug-likeness (QED) is 0.846. The van der Waals surface area contributed by atoms with Gasteiger partial charge < -0.3 is 9.42 Å². The third-order valence-electron chi connectivity index (χ3n) is 4.27. The minimum absolute atomic E-state index is 0.101. The van der Waals surface area contributed by atoms with Crippen molar-refractivity contribution < 1.29 is 9.32 Å². The normalized spacial score (nSPS) is 18.7. The zero-order valence-corrected chi connectivity index (χ0v) is 14.7. The predicted molar refractivity (Wildman–Crippen MR) is 90.3 cm³/mol. The molecule has 0 saturated carbocycles. The van der Waals surface area contributed by atoms with E-state index in [2.05, 4.69) is 15.1 Å². The predicted octanol–water partition coefficient (Wildman–Crippen LogP) is 3.19. The van der Waals surface area contributed by atoms with Crippen molar-refractivity contribution in [2.45, 2.75) is 46.5 Å². The first-order valence-electron chi connectivity index (χ1n) is 8.39. The number of rotatable bonds is 2. The number of aryl methyl sites for hydroxylation is 1. The smallest absolute Gasteiger partial charge is 0.231 e. The standard InChI is InChI=1S/C18H24N4O2/c1-12-8-14(10-19-9-12)15-20-16(24-21-15)13-6-5-7-22(11-13)17(23)18(2,3)4/h8-10,13H,5-7,11H2,1-4H3. The van der Waals surface area contributed by atoms with Gasteiger partial charge in [0.05, 0.1) is 5.92 Å². The Morgan fingerprint density at radius 1 is 1.33 bits per heavy atom. The number of hydrogen-bond acceptors (Lipinski definition) is 5. The average molecular weight is 328 g/mol. The Balaban J connectivity index is 1.76. The van der Waals surface area contributed by atoms with Gasteiger partial charge in [-0.05, 0) is 31.4 Å². The van der Waals surface area contributed by atoms with Gasteiger partial charge in [0.2, 0.25) is 17.6 Å². The highest BCUT2D eigenvalue weighted by Gasteiger charge is 2.33. The Hall–Kier alpha value is -2.24. The van der Waals surface area contributed by atoms with Crippen molar-refractivity contribution in [3.63, 3.8) is 0 Å². The van der Waals surface area contributed by atoms with E-state index < -0.39 is 0 Å². The van der Waals surface area contributed by atoms with E-state index in [1.807, 2.05) is 38.7 Å². The Kier molecular flexibility index (Phi) is 4.39. The number of nitrogens with zero attached hydrogens (tertiary/aromatic N) is 4. The fourth-order valence-corrected chi connectivity index (χ4v) is 3.03. The molecule has 2 aromatic rings. The van der Waals surface area contributed by atoms with Gasteiger partial charge in [-0.25, -0.2) is 0 Å². The fourth-order valence-electron chi connectivity index (χ4n) is 3.03. The van der Waals surface area contributed by atoms with Crippen LogP contribution < -0.4 is 0 Å². The Bertz CT molecular complexity index is 733. The Morgan fingerprint density at radius 2 is 2.12 bits per heavy atom. The summed E-state index contributed by atoms with van der Waals surface area (Å²) in [6.07, 6.45) is 5.44. The van der Waals surface area contributed by atoms with Crippen molar-refractivity contribution >= 4 is 5.91 Å². The van der Waals surface area contributed by atoms with Crippen LogP contribution in [0.3, 0.4) is 0 Å². The number of amides is 1. The maximum Gasteiger partial charge on any atom is 0.231 e. The largest absolute Gasteiger partial charge is 0.341 e. The third-order valence-corrected chi connectivity index (χ3v) is 4.27. The lowest BCUT2D eigenvalue weighted by Gasteiger charge is -2.35. The molecule has 3 heterocycles. The summed E-state index contributed by atoms with van der Waals surface area (Å²) in [7, 11) is 0. The highest BCUT2D eigenvalue weighted by molar-refractivity contribution is 5.81. The molecule has 128 valence electrons. The number of pyridine rings is 1. The summed E-state index contributed by atoms with van der Waals surface area (Å²) in [6.45, 7) is 9.28. The molecule has 24 heavy (non-hydrogen) atoms. The molecule has 6 heteroatoms. The summed E-state index contributed by atoms with van der Waals surface area (Å²) in [5.41, 5.74) is 1.54. The van der Waals surface area contributed by atoms with Crippen LogP contribution >= 0.6 is 0 Å². The number of aromatic nitrogens is 3. The number of hydrogen-bond donors (Lipinski definition) is 0. The van der Waals surface area contributed by atoms with Crippen LogP contribution in [0.4, 0.5) is 0 Å². The summed E-state index contributed by atoms with van der Waals surface area (Å²) < 4.78 is 5.49. The molecule has 0 spiro atoms. The molecule has 3 rings (SSSR count). The molecule has 1 atom stereocenters. The van der Waals surface area contributed by atoms with E-state index in [9.17, 15) is 4.79 Å². The lowest BCUT2D eigenvalue weighted by molar-refractivity contribution is -0.140. The summed E-state index contributed by atoms with van der Waals surface area (Å²) in [4.78, 5) is 23.2. The van der Waals surface area contributed by atoms with Gasteiger partial charge in [0.1, 0.15) is 0 Å². The topological polar surface area (TPSA) is 72.1 Å². The average Bonchev–Trinajstić information content (AvgIpc) is 3.03. The Morgan fingerprint density at radius 3 is 2.83 bits per heavy atom. The molecule has 2 aromatic heterocycles. The van der Waals surface area contributed by atoms with E-state index in [1.54, 1.807) is 12.4 Å². The zero-order chi connectivity index (χ0) is 17.3. The SMILES string of the molecule is Cc1cncc(-c2noc(C3CCCN(C(=O)C(C)(C)C)C3)n2)c1. The summed E-state index contributed by atoms with van der Waals surface area (Å²) in [5.74, 6) is 1.44. The lowest BCUT2D eigenvalue weighted by Crippen LogP contribution is -2.44. The van der Waals surface area contributed by atoms with Gasteiger partial charge in [-0.3, -0.25) is 9.78 Å². The fraction of sp³-hybridized carbons (Fsp3) is 0.556. The number of carbonyl (C=O) groups is 1. The van der Waals surface area contributed by atoms with Gasteiger partial charge in [-0.2, -0.15) is 4.98 Å². The summed E-state index contributed by atoms with van der Waals surface area (Å²) in [6, 6.07) is 1.98. The van der Waals surface area contributed by atoms with Crippen LogP contribution in [0.25, 0.3) is 11.4 Å². The van der Waals surface area contributed by atoms with Gasteiger partial charge in [0, 0.05) is 36.5 Å². The molecule has 1 amide bonds. The minimum Gasteiger partial charge on any atom is -0.341 e. The van der Waals surface area contributed by atoms with Crippen LogP contribution in [0.15, 0.2) is 23.0 Å². The number of piperidine rings is 1. The molecule has 1 unspecified atom stereocenters. The molecular formula is C18H24N4O2. The van der Waals surface area contributed by atoms with Gasteiger partial charge in [0.15, 0.2) is 0 Å². The molecule has 0 aliphatic carbocycles. The second-order valence-corrected chi connectivity index (χ2v) is 7.55. The maximum atomic E-state index is 12.5. The van der Waals surface area contributed by atoms with Gasteiger partial charge >= 0.3 is 0 Å². The van der Waals surface area contributed by atoms with Gasteiger partial charge in [-0.1, -0.05) is 25.9 Å². The molecule has 1 aliphatic heterocycles. The van der Waals surface area contributed by atoms with E-state index in [4.69, 9.17) is 4.52 Å². The first-order valence-corrected chi connectivity index (χ1v) is 8.39. The number of carbonyl (C=O) groups excluding carboxylic acids is 1. The molecule has 0 aromatic carbocycles. The van der Waals surface area contributed by atoms with E-state index in [0.717, 1.165) is 30.5 Å². The van der Waals surface area contributed by atoms with E-state index >= 15 is 0 Å². The minimum atomic E-state index is -0.366. The van der Waals surface area contributed by atoms with Crippen LogP contribution in [0.5, 0.6) is 0 Å². The third kappa shape index (κ3) is 3.47. The lowest BCUT2D eigenvalue weighted by atomic mass is 9.91. The van der Waals surface area contributed by atoms with Gasteiger partial charge in [-0.15, -0.1) is 0 Å². The summed E-state index contributed by atoms with van der Waals surface area (Å²) >= 11 is 0. The molecule has 1 aliphatic rings. The number of likely N-dealkylation sites (tertiary alicyclic amines) is 1. The second-order valence-electron chi connectivity index (χ2n) is 7.55. The van der Waals surface area contributed by atoms with Crippen molar-refractivity contribution in [3.05, 3.63) is 29.9 Å². The van der Waals surface area contributed by atoms with Crippen LogP contribution in [0.2, 0.25) is 0 Å². The van der Waals surface area contributed by atoms with E-state index in [-0.39, 0.29) is 17.2 Å². The van der Waals surface area contributed by atoms with Crippen molar-refractivity contribution in [2.75, 3.05) is 13.1 Å². The van der Waals surface area contributed by atoms with E-state index in [1.165, 1.54) is 0 Å². The molecule has 1 saturated heterocycles. The van der Waals surface area contributed by atoms with Crippen LogP contribution in [-0.4, -0.2) is 39.0 Å². The van der Waals surface area contributed by atoms with Crippen molar-refractivity contribution in [2.24, 2.45) is 5.41 Å². The molecule has 0 radical (unpaired) electrons. The monoisotopic (exact) mass is 328 g/mol. The summed E-state index contributed by atoms with van der Waals surface area (Å²) in [5, 5.41) is 4.09. The molecule has 0 bridgehead atoms. The van der Waals surface area contributed by atoms with Crippen molar-refractivity contribution in [3.8, 4) is 11.4 Å². The zero-order valence-electron chi connectivity index (χ0n) is 14.7. The van der Waals surface area contributed by atoms with Crippen LogP contribution in [0, 0.1) is 12.3 Å². The molecular weight excluding hydrogens is 304 g/mol. The Labute approximate surface area is 142 Å². The molecule has 0 N–H and O–H groups in total. The van der Waals surface area contributed by atoms with Crippen LogP contribution in [0.1, 0.15) is 51.0 Å². The first kappa shape index (κ1) is 16.6. The van der Waals surface area contributed by atoms with Gasteiger partial charge in [0.25, 0.3) is 0 Å². The second kappa shape index (κ2) is 6.34. The first-order chi connectivity index (χ1) is 11.3. The highest BCUT2D eigenvalue weighted by Crippen LogP contribution is 2.30. The highest BCUT2D eigenvalue weighted by atomic mass is 16.5. The maximum absolute atomic E-state index is 12.5. The van der Waals surface area contributed by atoms with Crippen molar-refractivity contribution in [1.82, 2.24) is 20.0 Å². The van der Waals surface area contributed by atoms with Crippen molar-refractivity contribution in [1.29, 1.82) is 0 Å². The molecule has 1 fully saturated rings. The molecule has 6 nitrogen and oxygen atoms in total. The van der Waals surface area contributed by atoms with Crippen LogP contribution in [-0.2, 0) is 4.79 Å².